The van der Waals surface area contributed by atoms with Crippen molar-refractivity contribution in [3.8, 4) is 0 Å². The summed E-state index contributed by atoms with van der Waals surface area (Å²) in [5, 5.41) is 5.58. The van der Waals surface area contributed by atoms with Crippen molar-refractivity contribution < 1.29 is 14.4 Å². The van der Waals surface area contributed by atoms with Crippen LogP contribution in [0.25, 0.3) is 0 Å². The van der Waals surface area contributed by atoms with Gasteiger partial charge in [0, 0.05) is 5.69 Å². The molecule has 6 nitrogen and oxygen atoms in total. The molecule has 142 valence electrons. The van der Waals surface area contributed by atoms with E-state index in [1.54, 1.807) is 0 Å². The summed E-state index contributed by atoms with van der Waals surface area (Å²) in [5.74, 6) is -0.196. The van der Waals surface area contributed by atoms with Crippen molar-refractivity contribution in [2.45, 2.75) is 65.3 Å². The maximum atomic E-state index is 12.6. The Morgan fingerprint density at radius 3 is 2.23 bits per heavy atom. The van der Waals surface area contributed by atoms with Gasteiger partial charge in [0.2, 0.25) is 5.91 Å². The van der Waals surface area contributed by atoms with Gasteiger partial charge in [0.05, 0.1) is 0 Å². The number of para-hydroxylation sites is 1. The molecule has 4 amide bonds. The van der Waals surface area contributed by atoms with Gasteiger partial charge in [-0.25, -0.2) is 4.79 Å². The summed E-state index contributed by atoms with van der Waals surface area (Å²) < 4.78 is 0. The predicted octanol–water partition coefficient (Wildman–Crippen LogP) is 3.59. The molecule has 0 spiro atoms. The Bertz CT molecular complexity index is 671. The Morgan fingerprint density at radius 1 is 1.15 bits per heavy atom. The molecule has 0 bridgehead atoms. The molecule has 0 radical (unpaired) electrons. The van der Waals surface area contributed by atoms with Gasteiger partial charge in [-0.15, -0.1) is 0 Å². The second-order valence-corrected chi connectivity index (χ2v) is 7.38. The van der Waals surface area contributed by atoms with Crippen LogP contribution in [0.4, 0.5) is 10.5 Å². The van der Waals surface area contributed by atoms with Crippen LogP contribution in [0.3, 0.4) is 0 Å². The molecule has 1 unspecified atom stereocenters. The lowest BCUT2D eigenvalue weighted by Gasteiger charge is -2.21. The lowest BCUT2D eigenvalue weighted by Crippen LogP contribution is -2.38. The van der Waals surface area contributed by atoms with Crippen LogP contribution in [-0.2, 0) is 9.59 Å². The van der Waals surface area contributed by atoms with Crippen molar-refractivity contribution in [3.05, 3.63) is 29.3 Å². The topological polar surface area (TPSA) is 78.5 Å². The number of rotatable bonds is 7. The molecule has 2 N–H and O–H groups in total. The summed E-state index contributed by atoms with van der Waals surface area (Å²) in [4.78, 5) is 37.9. The van der Waals surface area contributed by atoms with E-state index >= 15 is 0 Å². The van der Waals surface area contributed by atoms with Gasteiger partial charge in [0.15, 0.2) is 0 Å². The second kappa shape index (κ2) is 8.34. The average molecular weight is 359 g/mol. The lowest BCUT2D eigenvalue weighted by atomic mass is 9.92. The van der Waals surface area contributed by atoms with Crippen LogP contribution in [0, 0.1) is 0 Å². The van der Waals surface area contributed by atoms with Crippen molar-refractivity contribution in [1.82, 2.24) is 10.2 Å². The fraction of sp³-hybridized carbons (Fsp3) is 0.550. The zero-order valence-corrected chi connectivity index (χ0v) is 16.3. The van der Waals surface area contributed by atoms with Crippen LogP contribution in [-0.4, -0.2) is 35.3 Å². The van der Waals surface area contributed by atoms with Crippen LogP contribution in [0.1, 0.15) is 70.4 Å². The minimum absolute atomic E-state index is 0.245. The number of nitrogens with one attached hydrogen (secondary N) is 2. The molecule has 26 heavy (non-hydrogen) atoms. The number of benzene rings is 1. The third kappa shape index (κ3) is 4.23. The molecule has 0 saturated carbocycles. The lowest BCUT2D eigenvalue weighted by molar-refractivity contribution is -0.130. The SMILES string of the molecule is CCCC1NC(=O)N(CC(=O)Nc2c(C(C)C)cccc2C(C)C)C1=O. The summed E-state index contributed by atoms with van der Waals surface area (Å²) in [7, 11) is 0. The van der Waals surface area contributed by atoms with Gasteiger partial charge in [-0.3, -0.25) is 14.5 Å². The summed E-state index contributed by atoms with van der Waals surface area (Å²) in [6.07, 6.45) is 1.37. The smallest absolute Gasteiger partial charge is 0.325 e. The first-order valence-corrected chi connectivity index (χ1v) is 9.30. The quantitative estimate of drug-likeness (QED) is 0.730. The predicted molar refractivity (Wildman–Crippen MR) is 102 cm³/mol. The summed E-state index contributed by atoms with van der Waals surface area (Å²) >= 11 is 0. The molecule has 0 aliphatic carbocycles. The van der Waals surface area contributed by atoms with Crippen LogP contribution >= 0.6 is 0 Å². The van der Waals surface area contributed by atoms with Gasteiger partial charge in [-0.1, -0.05) is 59.2 Å². The fourth-order valence-electron chi connectivity index (χ4n) is 3.23. The highest BCUT2D eigenvalue weighted by atomic mass is 16.2. The highest BCUT2D eigenvalue weighted by Crippen LogP contribution is 2.32. The van der Waals surface area contributed by atoms with E-state index in [9.17, 15) is 14.4 Å². The van der Waals surface area contributed by atoms with Crippen LogP contribution in [0.2, 0.25) is 0 Å². The highest BCUT2D eigenvalue weighted by Gasteiger charge is 2.38. The maximum Gasteiger partial charge on any atom is 0.325 e. The summed E-state index contributed by atoms with van der Waals surface area (Å²) in [6, 6.07) is 4.97. The first-order valence-electron chi connectivity index (χ1n) is 9.30. The molecule has 1 saturated heterocycles. The Kier molecular flexibility index (Phi) is 6.40. The second-order valence-electron chi connectivity index (χ2n) is 7.38. The number of hydrogen-bond acceptors (Lipinski definition) is 3. The molecular formula is C20H29N3O3. The molecular weight excluding hydrogens is 330 g/mol. The van der Waals surface area contributed by atoms with E-state index < -0.39 is 12.1 Å². The number of carbonyl (C=O) groups excluding carboxylic acids is 3. The molecule has 1 aliphatic heterocycles. The van der Waals surface area contributed by atoms with E-state index in [0.717, 1.165) is 28.1 Å². The number of carbonyl (C=O) groups is 3. The first-order chi connectivity index (χ1) is 12.3. The number of nitrogens with zero attached hydrogens (tertiary/aromatic N) is 1. The molecule has 1 aromatic rings. The minimum Gasteiger partial charge on any atom is -0.326 e. The van der Waals surface area contributed by atoms with E-state index in [4.69, 9.17) is 0 Å². The van der Waals surface area contributed by atoms with E-state index in [1.807, 2.05) is 25.1 Å². The first kappa shape index (κ1) is 19.9. The van der Waals surface area contributed by atoms with E-state index in [-0.39, 0.29) is 30.2 Å². The normalized spacial score (nSPS) is 17.2. The highest BCUT2D eigenvalue weighted by molar-refractivity contribution is 6.08. The van der Waals surface area contributed by atoms with Gasteiger partial charge in [-0.05, 0) is 29.4 Å². The van der Waals surface area contributed by atoms with Crippen LogP contribution < -0.4 is 10.6 Å². The number of imide groups is 1. The Balaban J connectivity index is 2.18. The molecule has 1 aromatic carbocycles. The zero-order chi connectivity index (χ0) is 19.4. The van der Waals surface area contributed by atoms with E-state index in [2.05, 4.69) is 38.3 Å². The summed E-state index contributed by atoms with van der Waals surface area (Å²) in [5.41, 5.74) is 2.89. The van der Waals surface area contributed by atoms with E-state index in [0.29, 0.717) is 6.42 Å². The molecule has 6 heteroatoms. The van der Waals surface area contributed by atoms with Crippen molar-refractivity contribution in [1.29, 1.82) is 0 Å². The Labute approximate surface area is 155 Å². The monoisotopic (exact) mass is 359 g/mol. The maximum absolute atomic E-state index is 12.6. The Morgan fingerprint density at radius 2 is 1.73 bits per heavy atom. The molecule has 1 aliphatic rings. The molecule has 1 fully saturated rings. The standard InChI is InChI=1S/C20H29N3O3/c1-6-8-16-19(25)23(20(26)21-16)11-17(24)22-18-14(12(2)3)9-7-10-15(18)13(4)5/h7,9-10,12-13,16H,6,8,11H2,1-5H3,(H,21,26)(H,22,24). The van der Waals surface area contributed by atoms with Crippen molar-refractivity contribution in [2.24, 2.45) is 0 Å². The molecule has 2 rings (SSSR count). The fourth-order valence-corrected chi connectivity index (χ4v) is 3.23. The third-order valence-electron chi connectivity index (χ3n) is 4.62. The van der Waals surface area contributed by atoms with Crippen molar-refractivity contribution in [3.63, 3.8) is 0 Å². The van der Waals surface area contributed by atoms with Crippen LogP contribution in [0.5, 0.6) is 0 Å². The molecule has 1 heterocycles. The zero-order valence-electron chi connectivity index (χ0n) is 16.3. The number of hydrogen-bond donors (Lipinski definition) is 2. The summed E-state index contributed by atoms with van der Waals surface area (Å²) in [6.45, 7) is 9.97. The Hall–Kier alpha value is -2.37. The molecule has 1 atom stereocenters. The van der Waals surface area contributed by atoms with Gasteiger partial charge in [0.25, 0.3) is 5.91 Å². The van der Waals surface area contributed by atoms with Gasteiger partial charge in [-0.2, -0.15) is 0 Å². The van der Waals surface area contributed by atoms with Crippen molar-refractivity contribution in [2.75, 3.05) is 11.9 Å². The van der Waals surface area contributed by atoms with Crippen molar-refractivity contribution >= 4 is 23.5 Å². The van der Waals surface area contributed by atoms with Crippen LogP contribution in [0.15, 0.2) is 18.2 Å². The number of amides is 4. The largest absolute Gasteiger partial charge is 0.326 e. The van der Waals surface area contributed by atoms with Gasteiger partial charge in [0.1, 0.15) is 12.6 Å². The van der Waals surface area contributed by atoms with Gasteiger partial charge >= 0.3 is 6.03 Å². The minimum atomic E-state index is -0.519. The molecule has 0 aromatic heterocycles. The third-order valence-corrected chi connectivity index (χ3v) is 4.62. The average Bonchev–Trinajstić information content (AvgIpc) is 2.82. The number of urea groups is 1. The number of anilines is 1. The van der Waals surface area contributed by atoms with E-state index in [1.165, 1.54) is 0 Å². The van der Waals surface area contributed by atoms with Gasteiger partial charge < -0.3 is 10.6 Å².